The van der Waals surface area contributed by atoms with Gasteiger partial charge in [0.25, 0.3) is 0 Å². The standard InChI is InChI=1S/C21H22N2O2/c1-15-5-3-6-19(16(15)2)22-20(24)13-10-17-8-11-18(12-9-17)23-14-4-7-21(23)25/h3,5-6,8-13H,4,7,14H2,1-2H3,(H,22,24). The van der Waals surface area contributed by atoms with Gasteiger partial charge in [-0.15, -0.1) is 0 Å². The first kappa shape index (κ1) is 17.0. The number of hydrogen-bond donors (Lipinski definition) is 1. The Morgan fingerprint density at radius 2 is 1.88 bits per heavy atom. The fraction of sp³-hybridized carbons (Fsp3) is 0.238. The highest BCUT2D eigenvalue weighted by atomic mass is 16.2. The number of rotatable bonds is 4. The Labute approximate surface area is 148 Å². The zero-order chi connectivity index (χ0) is 17.8. The third kappa shape index (κ3) is 3.97. The molecule has 3 rings (SSSR count). The monoisotopic (exact) mass is 334 g/mol. The molecule has 1 aliphatic heterocycles. The molecule has 1 N–H and O–H groups in total. The van der Waals surface area contributed by atoms with Gasteiger partial charge in [0.05, 0.1) is 0 Å². The molecule has 2 aromatic rings. The van der Waals surface area contributed by atoms with Crippen molar-refractivity contribution >= 4 is 29.3 Å². The van der Waals surface area contributed by atoms with E-state index in [1.807, 2.05) is 56.3 Å². The lowest BCUT2D eigenvalue weighted by Gasteiger charge is -2.15. The number of nitrogens with one attached hydrogen (secondary N) is 1. The fourth-order valence-electron chi connectivity index (χ4n) is 2.92. The molecule has 1 fully saturated rings. The van der Waals surface area contributed by atoms with E-state index in [1.165, 1.54) is 6.08 Å². The molecule has 4 heteroatoms. The Balaban J connectivity index is 1.64. The van der Waals surface area contributed by atoms with Crippen LogP contribution in [0.4, 0.5) is 11.4 Å². The van der Waals surface area contributed by atoms with Crippen LogP contribution < -0.4 is 10.2 Å². The summed E-state index contributed by atoms with van der Waals surface area (Å²) in [5, 5.41) is 2.90. The summed E-state index contributed by atoms with van der Waals surface area (Å²) in [5.41, 5.74) is 4.89. The van der Waals surface area contributed by atoms with E-state index in [0.717, 1.165) is 41.0 Å². The minimum atomic E-state index is -0.160. The van der Waals surface area contributed by atoms with Crippen molar-refractivity contribution in [2.75, 3.05) is 16.8 Å². The molecule has 0 saturated carbocycles. The van der Waals surface area contributed by atoms with Crippen molar-refractivity contribution < 1.29 is 9.59 Å². The molecule has 25 heavy (non-hydrogen) atoms. The largest absolute Gasteiger partial charge is 0.322 e. The van der Waals surface area contributed by atoms with Crippen molar-refractivity contribution in [2.24, 2.45) is 0 Å². The van der Waals surface area contributed by atoms with Crippen molar-refractivity contribution in [2.45, 2.75) is 26.7 Å². The summed E-state index contributed by atoms with van der Waals surface area (Å²) in [7, 11) is 0. The molecule has 0 aromatic heterocycles. The normalized spacial score (nSPS) is 14.3. The van der Waals surface area contributed by atoms with E-state index < -0.39 is 0 Å². The Morgan fingerprint density at radius 3 is 2.56 bits per heavy atom. The number of nitrogens with zero attached hydrogens (tertiary/aromatic N) is 1. The Morgan fingerprint density at radius 1 is 1.12 bits per heavy atom. The number of carbonyl (C=O) groups is 2. The maximum atomic E-state index is 12.1. The second kappa shape index (κ2) is 7.34. The summed E-state index contributed by atoms with van der Waals surface area (Å²) in [4.78, 5) is 25.7. The van der Waals surface area contributed by atoms with E-state index in [9.17, 15) is 9.59 Å². The molecule has 0 atom stereocenters. The number of anilines is 2. The minimum Gasteiger partial charge on any atom is -0.322 e. The van der Waals surface area contributed by atoms with Crippen LogP contribution in [-0.4, -0.2) is 18.4 Å². The molecule has 0 unspecified atom stereocenters. The van der Waals surface area contributed by atoms with Crippen LogP contribution >= 0.6 is 0 Å². The summed E-state index contributed by atoms with van der Waals surface area (Å²) < 4.78 is 0. The lowest BCUT2D eigenvalue weighted by Crippen LogP contribution is -2.23. The number of carbonyl (C=O) groups excluding carboxylic acids is 2. The lowest BCUT2D eigenvalue weighted by molar-refractivity contribution is -0.117. The quantitative estimate of drug-likeness (QED) is 0.857. The molecule has 0 spiro atoms. The summed E-state index contributed by atoms with van der Waals surface area (Å²) in [6, 6.07) is 13.5. The van der Waals surface area contributed by atoms with Crippen molar-refractivity contribution in [3.8, 4) is 0 Å². The van der Waals surface area contributed by atoms with Crippen LogP contribution in [0.15, 0.2) is 48.5 Å². The Hall–Kier alpha value is -2.88. The molecule has 1 saturated heterocycles. The van der Waals surface area contributed by atoms with Gasteiger partial charge in [-0.1, -0.05) is 24.3 Å². The molecule has 4 nitrogen and oxygen atoms in total. The van der Waals surface area contributed by atoms with E-state index >= 15 is 0 Å². The highest BCUT2D eigenvalue weighted by Crippen LogP contribution is 2.22. The average Bonchev–Trinajstić information content (AvgIpc) is 3.04. The van der Waals surface area contributed by atoms with Gasteiger partial charge in [0.1, 0.15) is 0 Å². The van der Waals surface area contributed by atoms with Crippen molar-refractivity contribution in [1.82, 2.24) is 0 Å². The number of hydrogen-bond acceptors (Lipinski definition) is 2. The third-order valence-corrected chi connectivity index (χ3v) is 4.57. The van der Waals surface area contributed by atoms with Gasteiger partial charge < -0.3 is 10.2 Å². The van der Waals surface area contributed by atoms with Gasteiger partial charge in [-0.05, 0) is 61.2 Å². The van der Waals surface area contributed by atoms with E-state index in [2.05, 4.69) is 5.32 Å². The van der Waals surface area contributed by atoms with Crippen molar-refractivity contribution in [3.63, 3.8) is 0 Å². The van der Waals surface area contributed by atoms with Crippen LogP contribution in [0, 0.1) is 13.8 Å². The van der Waals surface area contributed by atoms with E-state index in [-0.39, 0.29) is 11.8 Å². The van der Waals surface area contributed by atoms with Gasteiger partial charge in [0, 0.05) is 30.4 Å². The van der Waals surface area contributed by atoms with Crippen molar-refractivity contribution in [3.05, 3.63) is 65.2 Å². The van der Waals surface area contributed by atoms with Crippen LogP contribution in [0.1, 0.15) is 29.5 Å². The first-order valence-electron chi connectivity index (χ1n) is 8.50. The minimum absolute atomic E-state index is 0.160. The number of benzene rings is 2. The predicted octanol–water partition coefficient (Wildman–Crippen LogP) is 4.08. The number of aryl methyl sites for hydroxylation is 1. The highest BCUT2D eigenvalue weighted by Gasteiger charge is 2.21. The predicted molar refractivity (Wildman–Crippen MR) is 102 cm³/mol. The van der Waals surface area contributed by atoms with Crippen LogP contribution in [0.5, 0.6) is 0 Å². The van der Waals surface area contributed by atoms with Gasteiger partial charge in [-0.25, -0.2) is 0 Å². The summed E-state index contributed by atoms with van der Waals surface area (Å²) in [6.45, 7) is 4.80. The summed E-state index contributed by atoms with van der Waals surface area (Å²) in [6.07, 6.45) is 4.84. The van der Waals surface area contributed by atoms with Crippen molar-refractivity contribution in [1.29, 1.82) is 0 Å². The molecule has 0 radical (unpaired) electrons. The first-order chi connectivity index (χ1) is 12.0. The van der Waals surface area contributed by atoms with Crippen LogP contribution in [0.2, 0.25) is 0 Å². The van der Waals surface area contributed by atoms with E-state index in [1.54, 1.807) is 11.0 Å². The van der Waals surface area contributed by atoms with Crippen LogP contribution in [0.3, 0.4) is 0 Å². The first-order valence-corrected chi connectivity index (χ1v) is 8.50. The average molecular weight is 334 g/mol. The van der Waals surface area contributed by atoms with E-state index in [4.69, 9.17) is 0 Å². The Bertz CT molecular complexity index is 822. The fourth-order valence-corrected chi connectivity index (χ4v) is 2.92. The molecule has 0 bridgehead atoms. The molecule has 1 heterocycles. The van der Waals surface area contributed by atoms with Gasteiger partial charge >= 0.3 is 0 Å². The van der Waals surface area contributed by atoms with Gasteiger partial charge in [-0.2, -0.15) is 0 Å². The molecule has 2 aromatic carbocycles. The van der Waals surface area contributed by atoms with Gasteiger partial charge in [-0.3, -0.25) is 9.59 Å². The van der Waals surface area contributed by atoms with Gasteiger partial charge in [0.15, 0.2) is 0 Å². The third-order valence-electron chi connectivity index (χ3n) is 4.57. The molecule has 2 amide bonds. The molecule has 128 valence electrons. The molecular weight excluding hydrogens is 312 g/mol. The van der Waals surface area contributed by atoms with E-state index in [0.29, 0.717) is 6.42 Å². The molecule has 1 aliphatic rings. The smallest absolute Gasteiger partial charge is 0.248 e. The second-order valence-electron chi connectivity index (χ2n) is 6.31. The summed E-state index contributed by atoms with van der Waals surface area (Å²) >= 11 is 0. The lowest BCUT2D eigenvalue weighted by atomic mass is 10.1. The van der Waals surface area contributed by atoms with Gasteiger partial charge in [0.2, 0.25) is 11.8 Å². The zero-order valence-corrected chi connectivity index (χ0v) is 14.6. The summed E-state index contributed by atoms with van der Waals surface area (Å²) in [5.74, 6) is 0.0173. The highest BCUT2D eigenvalue weighted by molar-refractivity contribution is 6.02. The zero-order valence-electron chi connectivity index (χ0n) is 14.6. The SMILES string of the molecule is Cc1cccc(NC(=O)C=Cc2ccc(N3CCCC3=O)cc2)c1C. The Kier molecular flexibility index (Phi) is 4.98. The maximum Gasteiger partial charge on any atom is 0.248 e. The maximum absolute atomic E-state index is 12.1. The molecular formula is C21H22N2O2. The topological polar surface area (TPSA) is 49.4 Å². The van der Waals surface area contributed by atoms with Crippen LogP contribution in [-0.2, 0) is 9.59 Å². The van der Waals surface area contributed by atoms with Crippen LogP contribution in [0.25, 0.3) is 6.08 Å². The number of amides is 2. The second-order valence-corrected chi connectivity index (χ2v) is 6.31. The molecule has 0 aliphatic carbocycles.